The number of anilines is 15. The molecule has 5 aliphatic heterocycles. The Morgan fingerprint density at radius 1 is 0.237 bits per heavy atom. The summed E-state index contributed by atoms with van der Waals surface area (Å²) in [6.07, 6.45) is 7.55. The van der Waals surface area contributed by atoms with Crippen molar-refractivity contribution in [2.45, 2.75) is 160 Å². The van der Waals surface area contributed by atoms with Crippen LogP contribution in [0.25, 0.3) is 110 Å². The van der Waals surface area contributed by atoms with Crippen LogP contribution in [0.15, 0.2) is 302 Å². The van der Waals surface area contributed by atoms with Crippen molar-refractivity contribution in [3.05, 3.63) is 307 Å². The number of aryl methyl sites for hydroxylation is 5. The van der Waals surface area contributed by atoms with Gasteiger partial charge in [-0.2, -0.15) is 0 Å². The van der Waals surface area contributed by atoms with Gasteiger partial charge in [-0.05, 0) is 230 Å². The lowest BCUT2D eigenvalue weighted by molar-refractivity contribution is 0.602. The molecule has 0 saturated heterocycles. The van der Waals surface area contributed by atoms with E-state index in [1.165, 1.54) is 11.1 Å². The predicted molar refractivity (Wildman–Crippen MR) is 543 cm³/mol. The minimum atomic E-state index is -0.776. The van der Waals surface area contributed by atoms with Gasteiger partial charge in [-0.1, -0.05) is 164 Å². The molecule has 20 aromatic rings. The van der Waals surface area contributed by atoms with Gasteiger partial charge in [0.25, 0.3) is 0 Å². The maximum Gasteiger partial charge on any atom is 0.159 e. The summed E-state index contributed by atoms with van der Waals surface area (Å²) in [5, 5.41) is 11.3. The van der Waals surface area contributed by atoms with E-state index in [9.17, 15) is 0 Å². The maximum absolute atomic E-state index is 8.72. The van der Waals surface area contributed by atoms with Crippen LogP contribution in [0.1, 0.15) is 108 Å². The quantitative estimate of drug-likeness (QED) is 0.142. The standard InChI is InChI=1S/C24H24N2O.2C23H23N3O.2C21H19N3O/c1-15(2)25-17(4)26(21-11-7-6-10-20(21)25)23-16(3)13-14-19-18-9-5-8-12-22(18)27-24(19)23;2*1-14(2)25-16(4)26(23-19(25)9-7-13-24-23)21-15(3)11-12-18-17-8-5-6-10-20(17)27-22(18)21;1-13-10-11-16-15-7-4-5-9-18(15)25-20(16)19(13)24-14(2)23(3)21-17(24)8-6-12-22-21;1-13-10-11-16-15-7-4-5-9-18(15)25-20(16)19(13)24-14(2)23(3)17-8-6-12-22-21(17)24/h5-15,17H,1-4H3;2*5-14,16H,1-4H3;2*4-12,14H,1-3H3/i15D;2*14D;;. The summed E-state index contributed by atoms with van der Waals surface area (Å²) >= 11 is 0. The number of aromatic nitrogens is 4. The highest BCUT2D eigenvalue weighted by atomic mass is 16.3. The normalized spacial score (nSPS) is 17.3. The number of hydrogen-bond donors (Lipinski definition) is 0. The molecule has 19 heteroatoms. The molecule has 656 valence electrons. The summed E-state index contributed by atoms with van der Waals surface area (Å²) in [5.41, 5.74) is 26.6. The molecular weight excluding hydrogens is 1620 g/mol. The first kappa shape index (κ1) is 79.4. The van der Waals surface area contributed by atoms with E-state index in [0.29, 0.717) is 0 Å². The Morgan fingerprint density at radius 3 is 0.809 bits per heavy atom. The monoisotopic (exact) mass is 1730 g/mol. The summed E-state index contributed by atoms with van der Waals surface area (Å²) in [4.78, 5) is 40.8. The van der Waals surface area contributed by atoms with Crippen LogP contribution >= 0.6 is 0 Å². The van der Waals surface area contributed by atoms with Gasteiger partial charge < -0.3 is 71.1 Å². The molecule has 0 aliphatic carbocycles. The fourth-order valence-electron chi connectivity index (χ4n) is 20.9. The first-order valence-electron chi connectivity index (χ1n) is 46.7. The van der Waals surface area contributed by atoms with Gasteiger partial charge in [0.15, 0.2) is 51.2 Å². The van der Waals surface area contributed by atoms with E-state index in [2.05, 4.69) is 282 Å². The minimum Gasteiger partial charge on any atom is -0.454 e. The molecule has 0 bridgehead atoms. The molecule has 5 aliphatic rings. The third-order valence-corrected chi connectivity index (χ3v) is 27.0. The Morgan fingerprint density at radius 2 is 0.473 bits per heavy atom. The van der Waals surface area contributed by atoms with Gasteiger partial charge >= 0.3 is 0 Å². The summed E-state index contributed by atoms with van der Waals surface area (Å²) in [5.74, 6) is 3.72. The van der Waals surface area contributed by atoms with Crippen molar-refractivity contribution in [3.8, 4) is 0 Å². The molecule has 11 aromatic carbocycles. The van der Waals surface area contributed by atoms with Gasteiger partial charge in [-0.15, -0.1) is 0 Å². The number of para-hydroxylation sites is 7. The first-order chi connectivity index (χ1) is 64.5. The molecule has 0 N–H and O–H groups in total. The van der Waals surface area contributed by atoms with Crippen LogP contribution in [0.2, 0.25) is 0 Å². The highest BCUT2D eigenvalue weighted by molar-refractivity contribution is 6.16. The van der Waals surface area contributed by atoms with Crippen molar-refractivity contribution < 1.29 is 26.2 Å². The van der Waals surface area contributed by atoms with Crippen LogP contribution in [-0.2, 0) is 0 Å². The summed E-state index contributed by atoms with van der Waals surface area (Å²) in [7, 11) is 4.20. The lowest BCUT2D eigenvalue weighted by atomic mass is 10.1. The van der Waals surface area contributed by atoms with Crippen molar-refractivity contribution in [2.24, 2.45) is 0 Å². The van der Waals surface area contributed by atoms with E-state index in [0.717, 1.165) is 212 Å². The molecule has 0 radical (unpaired) electrons. The Hall–Kier alpha value is -15.0. The molecule has 19 nitrogen and oxygen atoms in total. The molecule has 14 heterocycles. The second-order valence-corrected chi connectivity index (χ2v) is 35.6. The van der Waals surface area contributed by atoms with E-state index in [-0.39, 0.29) is 30.8 Å². The molecule has 131 heavy (non-hydrogen) atoms. The first-order valence-corrected chi connectivity index (χ1v) is 45.2. The van der Waals surface area contributed by atoms with E-state index in [4.69, 9.17) is 36.2 Å². The van der Waals surface area contributed by atoms with Crippen LogP contribution in [-0.4, -0.2) is 82.9 Å². The van der Waals surface area contributed by atoms with E-state index in [1.54, 1.807) is 0 Å². The number of furan rings is 5. The third kappa shape index (κ3) is 13.3. The zero-order valence-corrected chi connectivity index (χ0v) is 77.2. The molecule has 0 amide bonds. The zero-order chi connectivity index (χ0) is 93.1. The van der Waals surface area contributed by atoms with Crippen molar-refractivity contribution in [3.63, 3.8) is 0 Å². The Labute approximate surface area is 767 Å². The summed E-state index contributed by atoms with van der Waals surface area (Å²) in [6, 6.07) is 84.7. The number of nitrogens with zero attached hydrogens (tertiary/aromatic N) is 14. The lowest BCUT2D eigenvalue weighted by Crippen LogP contribution is -2.42. The number of benzene rings is 11. The van der Waals surface area contributed by atoms with Crippen molar-refractivity contribution in [1.29, 1.82) is 0 Å². The van der Waals surface area contributed by atoms with Gasteiger partial charge in [0.2, 0.25) is 0 Å². The molecule has 25 rings (SSSR count). The molecule has 0 saturated carbocycles. The fourth-order valence-corrected chi connectivity index (χ4v) is 20.9. The second-order valence-electron chi connectivity index (χ2n) is 35.6. The van der Waals surface area contributed by atoms with Crippen LogP contribution < -0.4 is 49.0 Å². The second kappa shape index (κ2) is 32.6. The van der Waals surface area contributed by atoms with Crippen LogP contribution in [0.5, 0.6) is 0 Å². The smallest absolute Gasteiger partial charge is 0.159 e. The highest BCUT2D eigenvalue weighted by Gasteiger charge is 2.43. The topological polar surface area (TPSA) is 150 Å². The maximum atomic E-state index is 8.72. The SMILES string of the molecule is Cc1ccc2c(oc3ccccc32)c1N1c2cccnc2N(C)C1C.Cc1ccc2c(oc3ccccc32)c1N1c2ncccc2N(C)C1C.[2H]C(C)(C)N1c2ccccc2N(c2c(C)ccc3c2oc2ccccc23)C1C.[2H]C(C)(C)N1c2cccnc2N(c2c(C)ccc3c2oc2ccccc23)C1C.[2H]C(C)(C)N1c2cccnc2N(c2c(C)ccc3c2oc2ccccc23)C1C. The van der Waals surface area contributed by atoms with Crippen LogP contribution in [0.3, 0.4) is 0 Å². The van der Waals surface area contributed by atoms with E-state index >= 15 is 0 Å². The van der Waals surface area contributed by atoms with Gasteiger partial charge in [-0.3, -0.25) is 0 Å². The molecule has 0 spiro atoms. The number of rotatable bonds is 8. The third-order valence-electron chi connectivity index (χ3n) is 27.0. The van der Waals surface area contributed by atoms with E-state index in [1.807, 2.05) is 182 Å². The Bertz CT molecular complexity index is 7380. The van der Waals surface area contributed by atoms with Crippen LogP contribution in [0, 0.1) is 34.6 Å². The average molecular weight is 1730 g/mol. The fraction of sp³-hybridized carbons (Fsp3) is 0.232. The molecule has 9 aromatic heterocycles. The van der Waals surface area contributed by atoms with Crippen LogP contribution in [0.4, 0.5) is 85.8 Å². The zero-order valence-electron chi connectivity index (χ0n) is 80.2. The summed E-state index contributed by atoms with van der Waals surface area (Å²) in [6.45, 7) is 33.0. The Kier molecular flexibility index (Phi) is 19.8. The van der Waals surface area contributed by atoms with Gasteiger partial charge in [0.1, 0.15) is 58.7 Å². The number of pyridine rings is 4. The summed E-state index contributed by atoms with van der Waals surface area (Å²) < 4.78 is 57.7. The molecule has 5 atom stereocenters. The highest BCUT2D eigenvalue weighted by Crippen LogP contribution is 2.55. The van der Waals surface area contributed by atoms with E-state index < -0.39 is 18.1 Å². The van der Waals surface area contributed by atoms with Gasteiger partial charge in [0.05, 0.1) is 66.7 Å². The number of fused-ring (bicyclic) bond motifs is 20. The largest absolute Gasteiger partial charge is 0.454 e. The lowest BCUT2D eigenvalue weighted by Gasteiger charge is -2.33. The average Bonchev–Trinajstić information content (AvgIpc) is 1.57. The molecule has 5 unspecified atom stereocenters. The van der Waals surface area contributed by atoms with Crippen molar-refractivity contribution >= 4 is 196 Å². The Balaban J connectivity index is 0.000000101. The minimum absolute atomic E-state index is 0.00223. The van der Waals surface area contributed by atoms with Crippen molar-refractivity contribution in [2.75, 3.05) is 63.1 Å². The van der Waals surface area contributed by atoms with Gasteiger partial charge in [-0.25, -0.2) is 19.9 Å². The predicted octanol–water partition coefficient (Wildman–Crippen LogP) is 29.1. The number of hydrogen-bond acceptors (Lipinski definition) is 19. The van der Waals surface area contributed by atoms with Gasteiger partial charge in [0, 0.05) is 111 Å². The molecule has 0 fully saturated rings. The van der Waals surface area contributed by atoms with Crippen molar-refractivity contribution in [1.82, 2.24) is 19.9 Å². The molecular formula is C112H108N14O5.